The molecule has 0 aromatic carbocycles. The van der Waals surface area contributed by atoms with E-state index in [1.807, 2.05) is 6.92 Å². The first-order valence-corrected chi connectivity index (χ1v) is 8.34. The minimum absolute atomic E-state index is 0.0243. The molecule has 0 heterocycles. The highest BCUT2D eigenvalue weighted by Gasteiger charge is 2.47. The zero-order valence-corrected chi connectivity index (χ0v) is 13.3. The molecule has 4 nitrogen and oxygen atoms in total. The van der Waals surface area contributed by atoms with Crippen LogP contribution in [-0.4, -0.2) is 48.2 Å². The summed E-state index contributed by atoms with van der Waals surface area (Å²) in [5.41, 5.74) is -0.428. The summed E-state index contributed by atoms with van der Waals surface area (Å²) >= 11 is 0. The lowest BCUT2D eigenvalue weighted by Gasteiger charge is -2.43. The Labute approximate surface area is 123 Å². The molecule has 2 unspecified atom stereocenters. The molecule has 2 fully saturated rings. The van der Waals surface area contributed by atoms with Crippen LogP contribution in [0.2, 0.25) is 0 Å². The van der Waals surface area contributed by atoms with Gasteiger partial charge in [-0.3, -0.25) is 10.1 Å². The third-order valence-corrected chi connectivity index (χ3v) is 4.78. The number of nitrogens with zero attached hydrogens (tertiary/aromatic N) is 1. The predicted octanol–water partition coefficient (Wildman–Crippen LogP) is 2.32. The van der Waals surface area contributed by atoms with Crippen LogP contribution >= 0.6 is 0 Å². The van der Waals surface area contributed by atoms with Gasteiger partial charge >= 0.3 is 5.97 Å². The number of esters is 1. The molecule has 2 rings (SSSR count). The second-order valence-corrected chi connectivity index (χ2v) is 6.19. The van der Waals surface area contributed by atoms with E-state index >= 15 is 0 Å². The van der Waals surface area contributed by atoms with Crippen molar-refractivity contribution in [3.8, 4) is 0 Å². The average Bonchev–Trinajstić information content (AvgIpc) is 3.25. The van der Waals surface area contributed by atoms with Gasteiger partial charge in [0.2, 0.25) is 0 Å². The van der Waals surface area contributed by atoms with Crippen molar-refractivity contribution in [1.29, 1.82) is 0 Å². The Morgan fingerprint density at radius 1 is 1.25 bits per heavy atom. The monoisotopic (exact) mass is 282 g/mol. The Balaban J connectivity index is 2.10. The van der Waals surface area contributed by atoms with Gasteiger partial charge < -0.3 is 9.64 Å². The van der Waals surface area contributed by atoms with E-state index in [0.29, 0.717) is 18.7 Å². The maximum atomic E-state index is 12.5. The van der Waals surface area contributed by atoms with Gasteiger partial charge in [-0.1, -0.05) is 13.8 Å². The second-order valence-electron chi connectivity index (χ2n) is 6.19. The smallest absolute Gasteiger partial charge is 0.326 e. The van der Waals surface area contributed by atoms with Gasteiger partial charge in [0.25, 0.3) is 0 Å². The number of carbonyl (C=O) groups excluding carboxylic acids is 1. The van der Waals surface area contributed by atoms with Crippen molar-refractivity contribution in [3.05, 3.63) is 0 Å². The normalized spacial score (nSPS) is 30.5. The summed E-state index contributed by atoms with van der Waals surface area (Å²) in [4.78, 5) is 15.0. The SMILES string of the molecule is CCOC(=O)C1(NC2CC2)CCCC(N(CC)CC)C1. The lowest BCUT2D eigenvalue weighted by atomic mass is 9.78. The Bertz CT molecular complexity index is 326. The molecule has 0 saturated heterocycles. The van der Waals surface area contributed by atoms with Crippen molar-refractivity contribution in [3.63, 3.8) is 0 Å². The number of rotatable bonds is 7. The van der Waals surface area contributed by atoms with Crippen LogP contribution in [0.4, 0.5) is 0 Å². The Hall–Kier alpha value is -0.610. The Kier molecular flexibility index (Phi) is 5.44. The molecular weight excluding hydrogens is 252 g/mol. The molecule has 0 aromatic rings. The van der Waals surface area contributed by atoms with Crippen molar-refractivity contribution in [2.45, 2.75) is 76.9 Å². The van der Waals surface area contributed by atoms with Gasteiger partial charge in [-0.15, -0.1) is 0 Å². The molecule has 0 aliphatic heterocycles. The van der Waals surface area contributed by atoms with Gasteiger partial charge in [0.05, 0.1) is 6.61 Å². The van der Waals surface area contributed by atoms with Crippen molar-refractivity contribution >= 4 is 5.97 Å². The highest BCUT2D eigenvalue weighted by Crippen LogP contribution is 2.35. The maximum Gasteiger partial charge on any atom is 0.326 e. The number of carbonyl (C=O) groups is 1. The molecule has 2 aliphatic rings. The molecule has 2 atom stereocenters. The minimum atomic E-state index is -0.428. The van der Waals surface area contributed by atoms with Crippen molar-refractivity contribution in [1.82, 2.24) is 10.2 Å². The van der Waals surface area contributed by atoms with Crippen LogP contribution in [0.15, 0.2) is 0 Å². The molecule has 0 bridgehead atoms. The van der Waals surface area contributed by atoms with Gasteiger partial charge in [0.15, 0.2) is 0 Å². The van der Waals surface area contributed by atoms with E-state index in [0.717, 1.165) is 32.4 Å². The van der Waals surface area contributed by atoms with Crippen molar-refractivity contribution in [2.24, 2.45) is 0 Å². The molecule has 0 aromatic heterocycles. The first-order valence-electron chi connectivity index (χ1n) is 8.34. The highest BCUT2D eigenvalue weighted by molar-refractivity contribution is 5.81. The summed E-state index contributed by atoms with van der Waals surface area (Å²) in [6.45, 7) is 8.90. The van der Waals surface area contributed by atoms with Crippen LogP contribution in [0.5, 0.6) is 0 Å². The van der Waals surface area contributed by atoms with Crippen LogP contribution in [0, 0.1) is 0 Å². The molecule has 20 heavy (non-hydrogen) atoms. The van der Waals surface area contributed by atoms with E-state index in [-0.39, 0.29) is 5.97 Å². The lowest BCUT2D eigenvalue weighted by Crippen LogP contribution is -2.59. The third-order valence-electron chi connectivity index (χ3n) is 4.78. The first-order chi connectivity index (χ1) is 9.65. The van der Waals surface area contributed by atoms with Gasteiger partial charge in [-0.25, -0.2) is 0 Å². The van der Waals surface area contributed by atoms with Crippen molar-refractivity contribution < 1.29 is 9.53 Å². The number of hydrogen-bond donors (Lipinski definition) is 1. The predicted molar refractivity (Wildman–Crippen MR) is 80.7 cm³/mol. The van der Waals surface area contributed by atoms with E-state index in [1.165, 1.54) is 19.3 Å². The Morgan fingerprint density at radius 2 is 1.95 bits per heavy atom. The second kappa shape index (κ2) is 6.90. The summed E-state index contributed by atoms with van der Waals surface area (Å²) in [6.07, 6.45) is 6.56. The zero-order chi connectivity index (χ0) is 14.6. The molecule has 0 amide bonds. The van der Waals surface area contributed by atoms with Crippen LogP contribution in [0.25, 0.3) is 0 Å². The topological polar surface area (TPSA) is 41.6 Å². The average molecular weight is 282 g/mol. The first kappa shape index (κ1) is 15.8. The molecule has 2 aliphatic carbocycles. The highest BCUT2D eigenvalue weighted by atomic mass is 16.5. The molecular formula is C16H30N2O2. The molecule has 1 N–H and O–H groups in total. The summed E-state index contributed by atoms with van der Waals surface area (Å²) in [7, 11) is 0. The fourth-order valence-corrected chi connectivity index (χ4v) is 3.56. The van der Waals surface area contributed by atoms with Crippen LogP contribution in [-0.2, 0) is 9.53 Å². The third kappa shape index (κ3) is 3.53. The molecule has 4 heteroatoms. The Morgan fingerprint density at radius 3 is 2.50 bits per heavy atom. The van der Waals surface area contributed by atoms with Gasteiger partial charge in [-0.2, -0.15) is 0 Å². The maximum absolute atomic E-state index is 12.5. The number of hydrogen-bond acceptors (Lipinski definition) is 4. The summed E-state index contributed by atoms with van der Waals surface area (Å²) in [6, 6.07) is 1.05. The zero-order valence-electron chi connectivity index (χ0n) is 13.3. The summed E-state index contributed by atoms with van der Waals surface area (Å²) < 4.78 is 5.39. The lowest BCUT2D eigenvalue weighted by molar-refractivity contribution is -0.154. The fraction of sp³-hybridized carbons (Fsp3) is 0.938. The van der Waals surface area contributed by atoms with Gasteiger partial charge in [0, 0.05) is 12.1 Å². The fourth-order valence-electron chi connectivity index (χ4n) is 3.56. The van der Waals surface area contributed by atoms with Crippen LogP contribution < -0.4 is 5.32 Å². The minimum Gasteiger partial charge on any atom is -0.465 e. The van der Waals surface area contributed by atoms with E-state index < -0.39 is 5.54 Å². The standard InChI is InChI=1S/C16H30N2O2/c1-4-18(5-2)14-8-7-11-16(12-14,15(19)20-6-3)17-13-9-10-13/h13-14,17H,4-12H2,1-3H3. The van der Waals surface area contributed by atoms with Gasteiger partial charge in [-0.05, 0) is 58.5 Å². The summed E-state index contributed by atoms with van der Waals surface area (Å²) in [5.74, 6) is -0.0243. The number of nitrogens with one attached hydrogen (secondary N) is 1. The van der Waals surface area contributed by atoms with Crippen molar-refractivity contribution in [2.75, 3.05) is 19.7 Å². The quantitative estimate of drug-likeness (QED) is 0.728. The van der Waals surface area contributed by atoms with Gasteiger partial charge in [0.1, 0.15) is 5.54 Å². The largest absolute Gasteiger partial charge is 0.465 e. The van der Waals surface area contributed by atoms with Crippen LogP contribution in [0.3, 0.4) is 0 Å². The van der Waals surface area contributed by atoms with E-state index in [4.69, 9.17) is 4.74 Å². The van der Waals surface area contributed by atoms with Crippen LogP contribution in [0.1, 0.15) is 59.3 Å². The van der Waals surface area contributed by atoms with E-state index in [2.05, 4.69) is 24.1 Å². The molecule has 0 spiro atoms. The van der Waals surface area contributed by atoms with E-state index in [1.54, 1.807) is 0 Å². The number of ether oxygens (including phenoxy) is 1. The molecule has 116 valence electrons. The molecule has 0 radical (unpaired) electrons. The van der Waals surface area contributed by atoms with E-state index in [9.17, 15) is 4.79 Å². The molecule has 2 saturated carbocycles. The summed E-state index contributed by atoms with van der Waals surface area (Å²) in [5, 5.41) is 3.62.